The highest BCUT2D eigenvalue weighted by molar-refractivity contribution is 7.80. The second kappa shape index (κ2) is 28.3. The molecule has 0 unspecified atom stereocenters. The van der Waals surface area contributed by atoms with Crippen LogP contribution in [0.5, 0.6) is 0 Å². The molecule has 0 fully saturated rings. The number of aliphatic carboxylic acids is 5. The van der Waals surface area contributed by atoms with Crippen molar-refractivity contribution in [3.63, 3.8) is 0 Å². The third kappa shape index (κ3) is 82.1. The zero-order valence-corrected chi connectivity index (χ0v) is 15.1. The van der Waals surface area contributed by atoms with Crippen molar-refractivity contribution in [1.29, 1.82) is 0 Å². The SMILES string of the molecule is NCC(=O)O.NCC(=O)O.NCC(=O)O.NCC(=O)O.N[C@@H](CS)C(=O)O. The highest BCUT2D eigenvalue weighted by Gasteiger charge is 2.06. The van der Waals surface area contributed by atoms with Gasteiger partial charge in [0.2, 0.25) is 0 Å². The third-order valence-electron chi connectivity index (χ3n) is 1.21. The fourth-order valence-corrected chi connectivity index (χ4v) is 0.234. The molecule has 15 nitrogen and oxygen atoms in total. The largest absolute Gasteiger partial charge is 0.480 e. The lowest BCUT2D eigenvalue weighted by molar-refractivity contribution is -0.138. The summed E-state index contributed by atoms with van der Waals surface area (Å²) in [5.74, 6) is -4.69. The molecule has 0 aromatic heterocycles. The Morgan fingerprint density at radius 3 is 0.778 bits per heavy atom. The normalized spacial score (nSPS) is 8.96. The first-order valence-electron chi connectivity index (χ1n) is 6.53. The summed E-state index contributed by atoms with van der Waals surface area (Å²) in [5.41, 5.74) is 23.2. The maximum atomic E-state index is 9.76. The smallest absolute Gasteiger partial charge is 0.321 e. The van der Waals surface area contributed by atoms with E-state index in [1.54, 1.807) is 0 Å². The van der Waals surface area contributed by atoms with E-state index in [4.69, 9.17) is 31.3 Å². The Kier molecular flexibility index (Phi) is 37.3. The van der Waals surface area contributed by atoms with Crippen LogP contribution in [0.1, 0.15) is 0 Å². The van der Waals surface area contributed by atoms with E-state index in [1.165, 1.54) is 0 Å². The van der Waals surface area contributed by atoms with E-state index in [9.17, 15) is 24.0 Å². The van der Waals surface area contributed by atoms with Crippen molar-refractivity contribution < 1.29 is 49.5 Å². The van der Waals surface area contributed by atoms with Gasteiger partial charge in [-0.2, -0.15) is 12.6 Å². The van der Waals surface area contributed by atoms with Gasteiger partial charge >= 0.3 is 29.8 Å². The molecule has 0 aliphatic rings. The van der Waals surface area contributed by atoms with Gasteiger partial charge in [0, 0.05) is 5.75 Å². The molecule has 162 valence electrons. The van der Waals surface area contributed by atoms with Gasteiger partial charge in [0.25, 0.3) is 0 Å². The molecule has 0 spiro atoms. The van der Waals surface area contributed by atoms with Crippen LogP contribution < -0.4 is 28.7 Å². The standard InChI is InChI=1S/C3H7NO2S.4C2H5NO2/c4-2(1-7)3(5)6;4*3-1-2(4)5/h2,7H,1,4H2,(H,5,6);4*1,3H2,(H,4,5)/t2-;;;;/m0..../s1. The van der Waals surface area contributed by atoms with E-state index in [2.05, 4.69) is 35.6 Å². The zero-order valence-electron chi connectivity index (χ0n) is 14.2. The van der Waals surface area contributed by atoms with Crippen molar-refractivity contribution in [2.75, 3.05) is 31.9 Å². The predicted molar refractivity (Wildman–Crippen MR) is 96.2 cm³/mol. The maximum Gasteiger partial charge on any atom is 0.321 e. The second-order valence-corrected chi connectivity index (χ2v) is 3.88. The van der Waals surface area contributed by atoms with E-state index in [0.29, 0.717) is 0 Å². The molecule has 0 amide bonds. The van der Waals surface area contributed by atoms with Gasteiger partial charge in [0.05, 0.1) is 26.2 Å². The molecule has 0 saturated carbocycles. The molecule has 0 saturated heterocycles. The van der Waals surface area contributed by atoms with Crippen molar-refractivity contribution in [3.05, 3.63) is 0 Å². The quantitative estimate of drug-likeness (QED) is 0.180. The van der Waals surface area contributed by atoms with Crippen molar-refractivity contribution in [2.45, 2.75) is 6.04 Å². The van der Waals surface area contributed by atoms with Crippen molar-refractivity contribution in [3.8, 4) is 0 Å². The Morgan fingerprint density at radius 2 is 0.778 bits per heavy atom. The highest BCUT2D eigenvalue weighted by Crippen LogP contribution is 1.80. The Bertz CT molecular complexity index is 368. The predicted octanol–water partition coefficient (Wildman–Crippen LogP) is -4.55. The molecular formula is C11H27N5O10S. The molecule has 0 aliphatic heterocycles. The molecule has 0 bridgehead atoms. The summed E-state index contributed by atoms with van der Waals surface area (Å²) < 4.78 is 0. The fraction of sp³-hybridized carbons (Fsp3) is 0.545. The number of carbonyl (C=O) groups is 5. The van der Waals surface area contributed by atoms with Gasteiger partial charge in [-0.25, -0.2) is 0 Å². The average Bonchev–Trinajstić information content (AvgIpc) is 2.62. The topological polar surface area (TPSA) is 317 Å². The number of nitrogens with two attached hydrogens (primary N) is 5. The third-order valence-corrected chi connectivity index (χ3v) is 1.61. The van der Waals surface area contributed by atoms with Gasteiger partial charge in [-0.15, -0.1) is 0 Å². The van der Waals surface area contributed by atoms with Gasteiger partial charge in [-0.3, -0.25) is 24.0 Å². The maximum absolute atomic E-state index is 9.76. The number of hydrogen-bond donors (Lipinski definition) is 11. The lowest BCUT2D eigenvalue weighted by Gasteiger charge is -1.96. The number of carboxylic acid groups (broad SMARTS) is 5. The van der Waals surface area contributed by atoms with Crippen LogP contribution >= 0.6 is 12.6 Å². The molecule has 1 atom stereocenters. The summed E-state index contributed by atoms with van der Waals surface area (Å²) in [6.07, 6.45) is 0. The summed E-state index contributed by atoms with van der Waals surface area (Å²) in [5, 5.41) is 38.4. The van der Waals surface area contributed by atoms with Crippen molar-refractivity contribution >= 4 is 42.5 Å². The summed E-state index contributed by atoms with van der Waals surface area (Å²) in [4.78, 5) is 46.7. The Labute approximate surface area is 159 Å². The lowest BCUT2D eigenvalue weighted by atomic mass is 10.4. The van der Waals surface area contributed by atoms with E-state index >= 15 is 0 Å². The minimum atomic E-state index is -1.00. The summed E-state index contributed by atoms with van der Waals surface area (Å²) in [7, 11) is 0. The second-order valence-electron chi connectivity index (χ2n) is 3.52. The van der Waals surface area contributed by atoms with Crippen LogP contribution in [0.25, 0.3) is 0 Å². The van der Waals surface area contributed by atoms with Crippen molar-refractivity contribution in [2.24, 2.45) is 28.7 Å². The molecule has 0 aromatic rings. The number of thiol groups is 1. The number of rotatable bonds is 6. The Hall–Kier alpha value is -2.50. The first kappa shape index (κ1) is 35.6. The summed E-state index contributed by atoms with van der Waals surface area (Å²) in [6.45, 7) is -1.11. The van der Waals surface area contributed by atoms with Crippen LogP contribution in [0.3, 0.4) is 0 Å². The van der Waals surface area contributed by atoms with Crippen LogP contribution in [0.15, 0.2) is 0 Å². The molecule has 27 heavy (non-hydrogen) atoms. The molecule has 0 aromatic carbocycles. The van der Waals surface area contributed by atoms with Gasteiger partial charge in [-0.1, -0.05) is 0 Å². The fourth-order valence-electron chi connectivity index (χ4n) is 0.0781. The van der Waals surface area contributed by atoms with Gasteiger partial charge < -0.3 is 54.2 Å². The molecular weight excluding hydrogens is 394 g/mol. The zero-order chi connectivity index (χ0) is 23.0. The number of carboxylic acids is 5. The molecule has 0 aliphatic carbocycles. The number of hydrogen-bond acceptors (Lipinski definition) is 11. The first-order valence-corrected chi connectivity index (χ1v) is 7.16. The van der Waals surface area contributed by atoms with E-state index in [1.807, 2.05) is 0 Å². The van der Waals surface area contributed by atoms with Crippen LogP contribution in [0.4, 0.5) is 0 Å². The van der Waals surface area contributed by atoms with Crippen LogP contribution in [-0.2, 0) is 24.0 Å². The minimum absolute atomic E-state index is 0.190. The van der Waals surface area contributed by atoms with E-state index in [-0.39, 0.29) is 31.9 Å². The van der Waals surface area contributed by atoms with Crippen LogP contribution in [0, 0.1) is 0 Å². The molecule has 0 rings (SSSR count). The highest BCUT2D eigenvalue weighted by atomic mass is 32.1. The van der Waals surface area contributed by atoms with E-state index in [0.717, 1.165) is 0 Å². The van der Waals surface area contributed by atoms with Crippen LogP contribution in [0.2, 0.25) is 0 Å². The summed E-state index contributed by atoms with van der Waals surface area (Å²) in [6, 6.07) is -0.816. The average molecular weight is 421 g/mol. The lowest BCUT2D eigenvalue weighted by Crippen LogP contribution is -2.31. The Morgan fingerprint density at radius 1 is 0.630 bits per heavy atom. The molecule has 0 radical (unpaired) electrons. The summed E-state index contributed by atoms with van der Waals surface area (Å²) >= 11 is 3.65. The van der Waals surface area contributed by atoms with Crippen molar-refractivity contribution in [1.82, 2.24) is 0 Å². The Balaban J connectivity index is -0.0000000753. The van der Waals surface area contributed by atoms with Gasteiger partial charge in [0.15, 0.2) is 0 Å². The van der Waals surface area contributed by atoms with Crippen LogP contribution in [-0.4, -0.2) is 93.4 Å². The first-order chi connectivity index (χ1) is 12.3. The molecule has 15 N–H and O–H groups in total. The minimum Gasteiger partial charge on any atom is -0.480 e. The monoisotopic (exact) mass is 421 g/mol. The van der Waals surface area contributed by atoms with Gasteiger partial charge in [0.1, 0.15) is 6.04 Å². The molecule has 0 heterocycles. The van der Waals surface area contributed by atoms with E-state index < -0.39 is 35.9 Å². The van der Waals surface area contributed by atoms with Gasteiger partial charge in [-0.05, 0) is 0 Å². The molecule has 16 heteroatoms.